The molecule has 84 valence electrons. The molecule has 0 spiro atoms. The number of benzene rings is 1. The molecule has 0 aliphatic rings. The zero-order valence-electron chi connectivity index (χ0n) is 9.81. The predicted octanol–water partition coefficient (Wildman–Crippen LogP) is 4.18. The van der Waals surface area contributed by atoms with Crippen LogP contribution in [0.3, 0.4) is 0 Å². The lowest BCUT2D eigenvalue weighted by atomic mass is 10.3. The van der Waals surface area contributed by atoms with Gasteiger partial charge >= 0.3 is 0 Å². The van der Waals surface area contributed by atoms with Crippen molar-refractivity contribution in [3.8, 4) is 0 Å². The van der Waals surface area contributed by atoms with Crippen LogP contribution in [0.4, 0.5) is 0 Å². The van der Waals surface area contributed by atoms with Gasteiger partial charge in [-0.05, 0) is 49.7 Å². The maximum atomic E-state index is 2.59. The molecule has 0 aromatic heterocycles. The summed E-state index contributed by atoms with van der Waals surface area (Å²) in [5, 5.41) is 1.45. The van der Waals surface area contributed by atoms with Crippen molar-refractivity contribution in [2.75, 3.05) is 0 Å². The van der Waals surface area contributed by atoms with Crippen molar-refractivity contribution in [1.82, 2.24) is 4.67 Å². The summed E-state index contributed by atoms with van der Waals surface area (Å²) in [6, 6.07) is 12.0. The van der Waals surface area contributed by atoms with E-state index in [1.165, 1.54) is 5.30 Å². The first kappa shape index (κ1) is 13.4. The fourth-order valence-corrected chi connectivity index (χ4v) is 7.14. The van der Waals surface area contributed by atoms with Gasteiger partial charge in [0.15, 0.2) is 0 Å². The van der Waals surface area contributed by atoms with Gasteiger partial charge in [-0.25, -0.2) is 0 Å². The molecule has 1 aromatic carbocycles. The summed E-state index contributed by atoms with van der Waals surface area (Å²) in [7, 11) is 0. The molecule has 1 aromatic rings. The fraction of sp³-hybridized carbons (Fsp3) is 0.500. The molecule has 0 radical (unpaired) electrons. The van der Waals surface area contributed by atoms with Crippen molar-refractivity contribution in [3.63, 3.8) is 0 Å². The van der Waals surface area contributed by atoms with Crippen molar-refractivity contribution in [2.45, 2.75) is 39.8 Å². The standard InChI is InChI=1S/C12H19INP/c1-10(2)14(11(3)4)15(13)12-8-6-5-7-9-12/h5-11H,1-4H3. The molecule has 1 rings (SSSR count). The Kier molecular flexibility index (Phi) is 5.51. The average molecular weight is 335 g/mol. The molecule has 15 heavy (non-hydrogen) atoms. The lowest BCUT2D eigenvalue weighted by Gasteiger charge is -2.34. The second-order valence-electron chi connectivity index (χ2n) is 4.16. The summed E-state index contributed by atoms with van der Waals surface area (Å²) in [6.45, 7) is 9.10. The van der Waals surface area contributed by atoms with Crippen molar-refractivity contribution < 1.29 is 0 Å². The van der Waals surface area contributed by atoms with Crippen molar-refractivity contribution in [2.24, 2.45) is 0 Å². The first-order valence-electron chi connectivity index (χ1n) is 5.33. The lowest BCUT2D eigenvalue weighted by molar-refractivity contribution is 0.330. The molecule has 0 N–H and O–H groups in total. The summed E-state index contributed by atoms with van der Waals surface area (Å²) >= 11 is 2.59. The molecule has 0 aliphatic carbocycles. The molecule has 0 fully saturated rings. The van der Waals surface area contributed by atoms with E-state index in [1.807, 2.05) is 0 Å². The third-order valence-electron chi connectivity index (χ3n) is 2.23. The highest BCUT2D eigenvalue weighted by molar-refractivity contribution is 14.2. The van der Waals surface area contributed by atoms with Gasteiger partial charge in [-0.15, -0.1) is 0 Å². The van der Waals surface area contributed by atoms with E-state index in [1.54, 1.807) is 0 Å². The Balaban J connectivity index is 2.86. The zero-order valence-corrected chi connectivity index (χ0v) is 12.9. The molecule has 0 amide bonds. The number of nitrogens with zero attached hydrogens (tertiary/aromatic N) is 1. The van der Waals surface area contributed by atoms with Gasteiger partial charge in [-0.1, -0.05) is 30.3 Å². The minimum Gasteiger partial charge on any atom is -0.265 e. The van der Waals surface area contributed by atoms with Crippen LogP contribution >= 0.6 is 27.8 Å². The van der Waals surface area contributed by atoms with E-state index >= 15 is 0 Å². The van der Waals surface area contributed by atoms with Crippen LogP contribution in [0.15, 0.2) is 30.3 Å². The summed E-state index contributed by atoms with van der Waals surface area (Å²) in [5.74, 6) is 0. The summed E-state index contributed by atoms with van der Waals surface area (Å²) in [6.07, 6.45) is 0. The smallest absolute Gasteiger partial charge is 0.0633 e. The highest BCUT2D eigenvalue weighted by Crippen LogP contribution is 2.50. The molecule has 1 unspecified atom stereocenters. The normalized spacial score (nSPS) is 13.9. The SMILES string of the molecule is CC(C)N(C(C)C)P(I)c1ccccc1. The number of hydrogen-bond donors (Lipinski definition) is 0. The minimum absolute atomic E-state index is 0.215. The Morgan fingerprint density at radius 2 is 1.47 bits per heavy atom. The highest BCUT2D eigenvalue weighted by Gasteiger charge is 2.22. The van der Waals surface area contributed by atoms with Crippen LogP contribution in [0.5, 0.6) is 0 Å². The monoisotopic (exact) mass is 335 g/mol. The first-order chi connectivity index (χ1) is 7.04. The third kappa shape index (κ3) is 3.69. The molecule has 1 atom stereocenters. The Bertz CT molecular complexity index is 279. The van der Waals surface area contributed by atoms with Crippen LogP contribution in [-0.4, -0.2) is 16.8 Å². The Hall–Kier alpha value is 0.340. The van der Waals surface area contributed by atoms with E-state index in [4.69, 9.17) is 0 Å². The molecule has 3 heteroatoms. The molecule has 0 bridgehead atoms. The summed E-state index contributed by atoms with van der Waals surface area (Å²) < 4.78 is 2.59. The van der Waals surface area contributed by atoms with Crippen LogP contribution in [0.25, 0.3) is 0 Å². The van der Waals surface area contributed by atoms with Gasteiger partial charge in [0.2, 0.25) is 0 Å². The number of hydrogen-bond acceptors (Lipinski definition) is 1. The second kappa shape index (κ2) is 6.17. The summed E-state index contributed by atoms with van der Waals surface area (Å²) in [5.41, 5.74) is -0.215. The fourth-order valence-electron chi connectivity index (χ4n) is 1.69. The van der Waals surface area contributed by atoms with Crippen LogP contribution in [-0.2, 0) is 0 Å². The summed E-state index contributed by atoms with van der Waals surface area (Å²) in [4.78, 5) is 0. The Morgan fingerprint density at radius 3 is 1.87 bits per heavy atom. The van der Waals surface area contributed by atoms with E-state index in [-0.39, 0.29) is 5.71 Å². The number of rotatable bonds is 4. The molecule has 0 heterocycles. The third-order valence-corrected chi connectivity index (χ3v) is 7.45. The predicted molar refractivity (Wildman–Crippen MR) is 79.1 cm³/mol. The van der Waals surface area contributed by atoms with Crippen molar-refractivity contribution in [3.05, 3.63) is 30.3 Å². The molecule has 0 saturated carbocycles. The molecular formula is C12H19INP. The largest absolute Gasteiger partial charge is 0.265 e. The number of halogens is 1. The van der Waals surface area contributed by atoms with Gasteiger partial charge < -0.3 is 0 Å². The van der Waals surface area contributed by atoms with Crippen LogP contribution < -0.4 is 5.30 Å². The maximum Gasteiger partial charge on any atom is 0.0633 e. The van der Waals surface area contributed by atoms with Crippen LogP contribution in [0, 0.1) is 0 Å². The van der Waals surface area contributed by atoms with Gasteiger partial charge in [-0.3, -0.25) is 4.67 Å². The first-order valence-corrected chi connectivity index (χ1v) is 9.41. The Morgan fingerprint density at radius 1 is 1.00 bits per heavy atom. The van der Waals surface area contributed by atoms with E-state index in [0.29, 0.717) is 12.1 Å². The van der Waals surface area contributed by atoms with E-state index < -0.39 is 0 Å². The second-order valence-corrected chi connectivity index (χ2v) is 8.40. The van der Waals surface area contributed by atoms with Crippen molar-refractivity contribution in [1.29, 1.82) is 0 Å². The molecule has 0 saturated heterocycles. The molecular weight excluding hydrogens is 316 g/mol. The van der Waals surface area contributed by atoms with Gasteiger partial charge in [0.25, 0.3) is 0 Å². The Labute approximate surface area is 108 Å². The zero-order chi connectivity index (χ0) is 11.4. The van der Waals surface area contributed by atoms with Gasteiger partial charge in [0.05, 0.1) is 5.71 Å². The highest BCUT2D eigenvalue weighted by atomic mass is 127. The van der Waals surface area contributed by atoms with E-state index in [0.717, 1.165) is 0 Å². The van der Waals surface area contributed by atoms with Crippen LogP contribution in [0.1, 0.15) is 27.7 Å². The van der Waals surface area contributed by atoms with Crippen molar-refractivity contribution >= 4 is 33.1 Å². The topological polar surface area (TPSA) is 3.24 Å². The van der Waals surface area contributed by atoms with E-state index in [2.05, 4.69) is 84.7 Å². The van der Waals surface area contributed by atoms with Crippen LogP contribution in [0.2, 0.25) is 0 Å². The minimum atomic E-state index is -0.215. The van der Waals surface area contributed by atoms with E-state index in [9.17, 15) is 0 Å². The van der Waals surface area contributed by atoms with Gasteiger partial charge in [0, 0.05) is 17.4 Å². The lowest BCUT2D eigenvalue weighted by Crippen LogP contribution is -2.33. The average Bonchev–Trinajstić information content (AvgIpc) is 2.18. The van der Waals surface area contributed by atoms with Gasteiger partial charge in [0.1, 0.15) is 0 Å². The molecule has 1 nitrogen and oxygen atoms in total. The maximum absolute atomic E-state index is 2.59. The quantitative estimate of drug-likeness (QED) is 0.589. The van der Waals surface area contributed by atoms with Gasteiger partial charge in [-0.2, -0.15) is 0 Å². The molecule has 0 aliphatic heterocycles.